The zero-order valence-electron chi connectivity index (χ0n) is 67.6. The number of fused-ring (bicyclic) bond motifs is 8. The Morgan fingerprint density at radius 3 is 1.29 bits per heavy atom. The SMILES string of the molecule is CC(C)(C)OC(=O)n1c2ccncc2c2ccc(-c3ccc(N4CCC(CC=O)CC4)nc3)cc21.CC(C)(C)OC(=O)n1c2ccncc2c2ccc(-c3ccc(N4CCC(CCN5CCN(c6ccc7c(c6)C(=O)N(C6CCC(=O)NC6=O)C7=O)CC5)CC4)nc3)cc21.O=C1CCC(N2C(=O)c3ccc(N4CCNCC4)cc3C2=O)C(=O)N1. The Balaban J connectivity index is 0.000000148. The van der Waals surface area contributed by atoms with E-state index in [1.807, 2.05) is 109 Å². The molecule has 29 heteroatoms. The molecule has 0 radical (unpaired) electrons. The number of amides is 8. The molecule has 10 aromatic rings. The van der Waals surface area contributed by atoms with Gasteiger partial charge in [0.1, 0.15) is 41.2 Å². The molecule has 3 N–H and O–H groups in total. The lowest BCUT2D eigenvalue weighted by Gasteiger charge is -2.38. The fraction of sp³-hybridized carbons (Fsp3) is 0.389. The number of nitrogens with zero attached hydrogens (tertiary/aromatic N) is 13. The average molecular weight is 1610 g/mol. The maximum Gasteiger partial charge on any atom is 0.419 e. The first kappa shape index (κ1) is 80.2. The number of carbonyl (C=O) groups is 11. The van der Waals surface area contributed by atoms with E-state index in [-0.39, 0.29) is 37.5 Å². The minimum absolute atomic E-state index is 0.0961. The number of benzene rings is 4. The van der Waals surface area contributed by atoms with Crippen LogP contribution in [-0.4, -0.2) is 218 Å². The van der Waals surface area contributed by atoms with Gasteiger partial charge in [0.15, 0.2) is 0 Å². The number of ether oxygens (including phenoxy) is 2. The van der Waals surface area contributed by atoms with E-state index in [9.17, 15) is 52.7 Å². The second-order valence-electron chi connectivity index (χ2n) is 33.7. The predicted octanol–water partition coefficient (Wildman–Crippen LogP) is 11.2. The van der Waals surface area contributed by atoms with Gasteiger partial charge in [-0.05, 0) is 201 Å². The van der Waals surface area contributed by atoms with Gasteiger partial charge in [-0.3, -0.25) is 73.7 Å². The van der Waals surface area contributed by atoms with E-state index in [0.29, 0.717) is 40.5 Å². The summed E-state index contributed by atoms with van der Waals surface area (Å²) in [5.74, 6) is -0.796. The molecule has 6 fully saturated rings. The Hall–Kier alpha value is -12.6. The molecule has 18 rings (SSSR count). The maximum atomic E-state index is 13.4. The first-order valence-electron chi connectivity index (χ1n) is 41.1. The third kappa shape index (κ3) is 16.7. The lowest BCUT2D eigenvalue weighted by atomic mass is 9.93. The van der Waals surface area contributed by atoms with Crippen molar-refractivity contribution in [3.05, 3.63) is 169 Å². The Morgan fingerprint density at radius 2 is 0.866 bits per heavy atom. The van der Waals surface area contributed by atoms with Crippen LogP contribution in [0.25, 0.3) is 65.9 Å². The lowest BCUT2D eigenvalue weighted by molar-refractivity contribution is -0.137. The van der Waals surface area contributed by atoms with E-state index >= 15 is 0 Å². The number of nitrogens with one attached hydrogen (secondary N) is 3. The number of aromatic nitrogens is 6. The van der Waals surface area contributed by atoms with Crippen molar-refractivity contribution in [3.8, 4) is 22.3 Å². The summed E-state index contributed by atoms with van der Waals surface area (Å²) in [7, 11) is 0. The normalized spacial score (nSPS) is 19.1. The van der Waals surface area contributed by atoms with Crippen LogP contribution in [0.2, 0.25) is 0 Å². The van der Waals surface area contributed by atoms with Gasteiger partial charge in [-0.2, -0.15) is 0 Å². The molecule has 0 spiro atoms. The molecule has 8 aliphatic rings. The molecular formula is C90H96N16O13. The average Bonchev–Trinajstić information content (AvgIpc) is 1.61. The van der Waals surface area contributed by atoms with Gasteiger partial charge in [-0.15, -0.1) is 0 Å². The quantitative estimate of drug-likeness (QED) is 0.0713. The summed E-state index contributed by atoms with van der Waals surface area (Å²) in [5, 5.41) is 11.4. The van der Waals surface area contributed by atoms with E-state index in [1.54, 1.807) is 58.2 Å². The number of carbonyl (C=O) groups excluding carboxylic acids is 11. The summed E-state index contributed by atoms with van der Waals surface area (Å²) in [6.07, 6.45) is 17.5. The van der Waals surface area contributed by atoms with E-state index in [1.165, 1.54) is 0 Å². The predicted molar refractivity (Wildman–Crippen MR) is 449 cm³/mol. The highest BCUT2D eigenvalue weighted by Crippen LogP contribution is 2.39. The molecule has 6 aromatic heterocycles. The maximum absolute atomic E-state index is 13.4. The summed E-state index contributed by atoms with van der Waals surface area (Å²) < 4.78 is 14.8. The minimum Gasteiger partial charge on any atom is -0.443 e. The molecule has 14 heterocycles. The van der Waals surface area contributed by atoms with Crippen LogP contribution >= 0.6 is 0 Å². The summed E-state index contributed by atoms with van der Waals surface area (Å²) in [5.41, 5.74) is 8.77. The summed E-state index contributed by atoms with van der Waals surface area (Å²) >= 11 is 0. The molecule has 6 saturated heterocycles. The number of anilines is 4. The fourth-order valence-corrected chi connectivity index (χ4v) is 17.4. The van der Waals surface area contributed by atoms with Gasteiger partial charge in [0.05, 0.1) is 44.3 Å². The van der Waals surface area contributed by atoms with Crippen LogP contribution in [-0.2, 0) is 33.4 Å². The zero-order valence-corrected chi connectivity index (χ0v) is 67.6. The van der Waals surface area contributed by atoms with Gasteiger partial charge in [0.2, 0.25) is 23.6 Å². The Labute approximate surface area is 687 Å². The topological polar surface area (TPSA) is 326 Å². The summed E-state index contributed by atoms with van der Waals surface area (Å²) in [6, 6.07) is 32.9. The second kappa shape index (κ2) is 33.4. The highest BCUT2D eigenvalue weighted by Gasteiger charge is 2.47. The van der Waals surface area contributed by atoms with Gasteiger partial charge in [0.25, 0.3) is 23.6 Å². The van der Waals surface area contributed by atoms with Gasteiger partial charge in [-0.25, -0.2) is 28.7 Å². The number of pyridine rings is 4. The number of imide groups is 4. The third-order valence-corrected chi connectivity index (χ3v) is 23.7. The zero-order chi connectivity index (χ0) is 83.1. The van der Waals surface area contributed by atoms with Gasteiger partial charge < -0.3 is 39.2 Å². The van der Waals surface area contributed by atoms with Crippen molar-refractivity contribution in [2.24, 2.45) is 11.8 Å². The molecule has 614 valence electrons. The third-order valence-electron chi connectivity index (χ3n) is 23.7. The second-order valence-corrected chi connectivity index (χ2v) is 33.7. The minimum atomic E-state index is -0.968. The monoisotopic (exact) mass is 1610 g/mol. The molecule has 2 unspecified atom stereocenters. The van der Waals surface area contributed by atoms with Gasteiger partial charge in [-0.1, -0.05) is 24.3 Å². The first-order valence-corrected chi connectivity index (χ1v) is 41.1. The van der Waals surface area contributed by atoms with Crippen molar-refractivity contribution in [3.63, 3.8) is 0 Å². The number of aldehydes is 1. The largest absolute Gasteiger partial charge is 0.443 e. The smallest absolute Gasteiger partial charge is 0.419 e. The van der Waals surface area contributed by atoms with Crippen molar-refractivity contribution in [2.75, 3.05) is 105 Å². The van der Waals surface area contributed by atoms with E-state index in [2.05, 4.69) is 80.7 Å². The van der Waals surface area contributed by atoms with Gasteiger partial charge >= 0.3 is 12.2 Å². The Bertz CT molecular complexity index is 5680. The molecule has 0 aliphatic carbocycles. The molecule has 29 nitrogen and oxygen atoms in total. The molecule has 8 amide bonds. The molecular weight excluding hydrogens is 1510 g/mol. The molecule has 8 aliphatic heterocycles. The molecule has 2 atom stereocenters. The summed E-state index contributed by atoms with van der Waals surface area (Å²) in [4.78, 5) is 168. The molecule has 0 bridgehead atoms. The lowest BCUT2D eigenvalue weighted by Crippen LogP contribution is -2.54. The van der Waals surface area contributed by atoms with Crippen LogP contribution < -0.4 is 35.6 Å². The Kier molecular flexibility index (Phi) is 22.5. The van der Waals surface area contributed by atoms with Crippen molar-refractivity contribution in [1.82, 2.24) is 59.7 Å². The van der Waals surface area contributed by atoms with Crippen molar-refractivity contribution < 1.29 is 62.2 Å². The van der Waals surface area contributed by atoms with Crippen LogP contribution in [0.15, 0.2) is 146 Å². The fourth-order valence-electron chi connectivity index (χ4n) is 17.4. The van der Waals surface area contributed by atoms with Crippen LogP contribution in [0.1, 0.15) is 147 Å². The summed E-state index contributed by atoms with van der Waals surface area (Å²) in [6.45, 7) is 22.8. The van der Waals surface area contributed by atoms with Crippen LogP contribution in [0.3, 0.4) is 0 Å². The van der Waals surface area contributed by atoms with Crippen molar-refractivity contribution >= 4 is 132 Å². The van der Waals surface area contributed by atoms with Crippen LogP contribution in [0, 0.1) is 11.8 Å². The molecule has 4 aromatic carbocycles. The number of rotatable bonds is 13. The van der Waals surface area contributed by atoms with Gasteiger partial charge in [0, 0.05) is 179 Å². The Morgan fingerprint density at radius 1 is 0.437 bits per heavy atom. The number of piperazine rings is 2. The number of hydrogen-bond acceptors (Lipinski definition) is 23. The van der Waals surface area contributed by atoms with E-state index in [4.69, 9.17) is 19.4 Å². The number of hydrogen-bond donors (Lipinski definition) is 3. The number of piperidine rings is 4. The van der Waals surface area contributed by atoms with E-state index < -0.39 is 70.9 Å². The van der Waals surface area contributed by atoms with Crippen molar-refractivity contribution in [1.29, 1.82) is 0 Å². The molecule has 119 heavy (non-hydrogen) atoms. The highest BCUT2D eigenvalue weighted by atomic mass is 16.6. The van der Waals surface area contributed by atoms with Crippen LogP contribution in [0.5, 0.6) is 0 Å². The standard InChI is InChI=1S/C45H48N8O6.C28H30N4O3.C17H18N4O4/c1-45(2,3)59-44(58)52-36-12-16-46-27-35(36)32-7-4-29(24-38(32)52)30-5-10-39(47-26-30)51-18-14-28(15-19-51)13-17-49-20-22-50(23-21-49)31-6-8-33-34(25-31)43(57)53(42(33)56)37-9-11-40(54)48-41(37)55;1-28(2,3)35-27(34)32-24-8-12-29-18-23(24)22-6-4-20(16-25(22)32)21-5-7-26(30-17-21)31-13-9-19(10-14-31)11-15-33;22-14-4-3-13(15(23)19-14)21-16(24)11-2-1-10(9-12(11)17(21)25)20-7-5-18-6-8-20/h4-8,10,12,16,24-28,37H,9,11,13-15,17-23H2,1-3H3,(H,48,54,55);4-8,12,15-19H,9-11,13-14H2,1-3H3;1-2,9,13,18H,3-8H2,(H,19,22,23). The molecule has 0 saturated carbocycles. The first-order chi connectivity index (χ1) is 57.3. The van der Waals surface area contributed by atoms with Crippen molar-refractivity contribution in [2.45, 2.75) is 129 Å². The van der Waals surface area contributed by atoms with Crippen LogP contribution in [0.4, 0.5) is 32.6 Å². The van der Waals surface area contributed by atoms with E-state index in [0.717, 1.165) is 222 Å². The highest BCUT2D eigenvalue weighted by molar-refractivity contribution is 6.25.